The Morgan fingerprint density at radius 3 is 2.40 bits per heavy atom. The molecule has 1 fully saturated rings. The minimum Gasteiger partial charge on any atom is -0.473 e. The molecule has 1 aromatic heterocycles. The zero-order valence-corrected chi connectivity index (χ0v) is 21.9. The van der Waals surface area contributed by atoms with Crippen LogP contribution in [0.25, 0.3) is 10.9 Å². The van der Waals surface area contributed by atoms with Crippen LogP contribution in [-0.4, -0.2) is 71.6 Å². The van der Waals surface area contributed by atoms with Crippen LogP contribution in [0, 0.1) is 0 Å². The average molecular weight is 546 g/mol. The van der Waals surface area contributed by atoms with E-state index in [0.717, 1.165) is 67.8 Å². The molecule has 0 atom stereocenters. The van der Waals surface area contributed by atoms with Crippen molar-refractivity contribution in [2.45, 2.75) is 12.8 Å². The summed E-state index contributed by atoms with van der Waals surface area (Å²) < 4.78 is 17.2. The summed E-state index contributed by atoms with van der Waals surface area (Å²) in [6.07, 6.45) is 4.45. The van der Waals surface area contributed by atoms with Gasteiger partial charge < -0.3 is 34.3 Å². The molecule has 0 radical (unpaired) electrons. The molecule has 3 aromatic carbocycles. The van der Waals surface area contributed by atoms with Crippen molar-refractivity contribution < 1.29 is 34.0 Å². The second-order valence-corrected chi connectivity index (χ2v) is 9.49. The lowest BCUT2D eigenvalue weighted by Gasteiger charge is -2.36. The van der Waals surface area contributed by atoms with Gasteiger partial charge in [0.25, 0.3) is 0 Å². The molecule has 4 aromatic rings. The number of nitrogens with one attached hydrogen (secondary N) is 1. The van der Waals surface area contributed by atoms with Gasteiger partial charge in [0.15, 0.2) is 17.2 Å². The molecule has 1 saturated heterocycles. The molecule has 0 spiro atoms. The van der Waals surface area contributed by atoms with Gasteiger partial charge in [-0.1, -0.05) is 30.3 Å². The summed E-state index contributed by atoms with van der Waals surface area (Å²) in [6, 6.07) is 22.6. The van der Waals surface area contributed by atoms with Crippen molar-refractivity contribution in [2.24, 2.45) is 0 Å². The highest BCUT2D eigenvalue weighted by Gasteiger charge is 2.21. The number of rotatable bonds is 7. The number of ether oxygens (including phenoxy) is 3. The third kappa shape index (κ3) is 6.47. The quantitative estimate of drug-likeness (QED) is 0.286. The first-order valence-corrected chi connectivity index (χ1v) is 13.1. The smallest absolute Gasteiger partial charge is 0.414 e. The number of benzene rings is 3. The summed E-state index contributed by atoms with van der Waals surface area (Å²) in [4.78, 5) is 26.6. The Hall–Kier alpha value is -4.70. The summed E-state index contributed by atoms with van der Waals surface area (Å²) in [5.74, 6) is -0.524. The number of hydrogen-bond donors (Lipinski definition) is 3. The molecule has 2 aliphatic rings. The van der Waals surface area contributed by atoms with Crippen LogP contribution >= 0.6 is 0 Å². The predicted molar refractivity (Wildman–Crippen MR) is 150 cm³/mol. The lowest BCUT2D eigenvalue weighted by molar-refractivity contribution is -0.159. The normalized spacial score (nSPS) is 14.4. The molecule has 0 aliphatic carbocycles. The fourth-order valence-electron chi connectivity index (χ4n) is 4.92. The molecular weight excluding hydrogens is 514 g/mol. The summed E-state index contributed by atoms with van der Waals surface area (Å²) >= 11 is 0. The Bertz CT molecular complexity index is 1470. The first-order valence-electron chi connectivity index (χ1n) is 13.1. The number of aliphatic carboxylic acids is 2. The van der Waals surface area contributed by atoms with E-state index in [0.29, 0.717) is 0 Å². The molecule has 0 amide bonds. The van der Waals surface area contributed by atoms with Gasteiger partial charge in [-0.2, -0.15) is 0 Å². The highest BCUT2D eigenvalue weighted by atomic mass is 16.7. The third-order valence-corrected chi connectivity index (χ3v) is 6.93. The number of aryl methyl sites for hydroxylation is 1. The largest absolute Gasteiger partial charge is 0.473 e. The van der Waals surface area contributed by atoms with Gasteiger partial charge in [-0.15, -0.1) is 0 Å². The lowest BCUT2D eigenvalue weighted by Crippen LogP contribution is -2.46. The first-order chi connectivity index (χ1) is 19.5. The Labute approximate surface area is 231 Å². The van der Waals surface area contributed by atoms with Gasteiger partial charge in [0.05, 0.1) is 5.69 Å². The van der Waals surface area contributed by atoms with Gasteiger partial charge in [-0.05, 0) is 55.3 Å². The average Bonchev–Trinajstić information content (AvgIpc) is 3.61. The van der Waals surface area contributed by atoms with Crippen molar-refractivity contribution in [1.82, 2.24) is 9.88 Å². The monoisotopic (exact) mass is 545 g/mol. The molecule has 10 nitrogen and oxygen atoms in total. The van der Waals surface area contributed by atoms with Crippen LogP contribution in [-0.2, 0) is 16.0 Å². The maximum atomic E-state index is 9.10. The van der Waals surface area contributed by atoms with Crippen LogP contribution in [0.4, 0.5) is 5.69 Å². The van der Waals surface area contributed by atoms with E-state index in [1.54, 1.807) is 0 Å². The van der Waals surface area contributed by atoms with Crippen molar-refractivity contribution >= 4 is 28.5 Å². The maximum absolute atomic E-state index is 9.10. The number of nitrogens with zero attached hydrogens (tertiary/aromatic N) is 2. The number of carboxylic acid groups (broad SMARTS) is 2. The molecule has 3 N–H and O–H groups in total. The molecular formula is C30H31N3O7. The topological polar surface area (TPSA) is 125 Å². The number of hydrogen-bond acceptors (Lipinski definition) is 7. The van der Waals surface area contributed by atoms with Crippen molar-refractivity contribution in [3.8, 4) is 23.0 Å². The van der Waals surface area contributed by atoms with E-state index in [9.17, 15) is 0 Å². The SMILES string of the molecule is O=C(O)C(=O)O.c1ccc(N2CCN(CCCc3c[nH]c4ccccc34)CC2)c(Oc2ccc3c(c2)OCO3)c1. The van der Waals surface area contributed by atoms with Gasteiger partial charge in [0, 0.05) is 49.3 Å². The number of aromatic nitrogens is 1. The number of para-hydroxylation sites is 3. The zero-order valence-electron chi connectivity index (χ0n) is 21.9. The summed E-state index contributed by atoms with van der Waals surface area (Å²) in [5.41, 5.74) is 3.79. The minimum absolute atomic E-state index is 0.265. The molecule has 208 valence electrons. The van der Waals surface area contributed by atoms with E-state index < -0.39 is 11.9 Å². The van der Waals surface area contributed by atoms with E-state index in [1.165, 1.54) is 22.9 Å². The first kappa shape index (κ1) is 26.9. The molecule has 0 bridgehead atoms. The Balaban J connectivity index is 0.000000487. The summed E-state index contributed by atoms with van der Waals surface area (Å²) in [7, 11) is 0. The third-order valence-electron chi connectivity index (χ3n) is 6.93. The van der Waals surface area contributed by atoms with Crippen molar-refractivity contribution in [3.63, 3.8) is 0 Å². The van der Waals surface area contributed by atoms with E-state index >= 15 is 0 Å². The van der Waals surface area contributed by atoms with Gasteiger partial charge in [0.2, 0.25) is 6.79 Å². The van der Waals surface area contributed by atoms with Crippen LogP contribution < -0.4 is 19.1 Å². The van der Waals surface area contributed by atoms with E-state index in [1.807, 2.05) is 30.3 Å². The second kappa shape index (κ2) is 12.4. The molecule has 3 heterocycles. The predicted octanol–water partition coefficient (Wildman–Crippen LogP) is 4.60. The number of anilines is 1. The number of fused-ring (bicyclic) bond motifs is 2. The number of carboxylic acids is 2. The van der Waals surface area contributed by atoms with Crippen molar-refractivity contribution in [2.75, 3.05) is 44.4 Å². The summed E-state index contributed by atoms with van der Waals surface area (Å²) in [5, 5.41) is 16.1. The Kier molecular flexibility index (Phi) is 8.36. The zero-order chi connectivity index (χ0) is 27.9. The van der Waals surface area contributed by atoms with Crippen molar-refractivity contribution in [3.05, 3.63) is 78.5 Å². The van der Waals surface area contributed by atoms with Gasteiger partial charge in [0.1, 0.15) is 5.75 Å². The van der Waals surface area contributed by atoms with Crippen LogP contribution in [0.1, 0.15) is 12.0 Å². The van der Waals surface area contributed by atoms with Crippen LogP contribution in [0.15, 0.2) is 72.9 Å². The molecule has 0 saturated carbocycles. The number of carbonyl (C=O) groups is 2. The highest BCUT2D eigenvalue weighted by molar-refractivity contribution is 6.27. The fourth-order valence-corrected chi connectivity index (χ4v) is 4.92. The fraction of sp³-hybridized carbons (Fsp3) is 0.267. The van der Waals surface area contributed by atoms with E-state index in [2.05, 4.69) is 57.4 Å². The molecule has 40 heavy (non-hydrogen) atoms. The standard InChI is InChI=1S/C28H29N3O3.C2H2O4/c1-2-8-24-23(7-1)21(19-29-24)6-5-13-30-14-16-31(17-15-30)25-9-3-4-10-26(25)34-22-11-12-27-28(18-22)33-20-32-27;3-1(4)2(5)6/h1-4,7-12,18-19,29H,5-6,13-17,20H2;(H,3,4)(H,5,6). The minimum atomic E-state index is -1.82. The van der Waals surface area contributed by atoms with Crippen LogP contribution in [0.3, 0.4) is 0 Å². The van der Waals surface area contributed by atoms with Gasteiger partial charge >= 0.3 is 11.9 Å². The maximum Gasteiger partial charge on any atom is 0.414 e. The van der Waals surface area contributed by atoms with Gasteiger partial charge in [-0.25, -0.2) is 9.59 Å². The van der Waals surface area contributed by atoms with Gasteiger partial charge in [-0.3, -0.25) is 4.90 Å². The number of piperazine rings is 1. The summed E-state index contributed by atoms with van der Waals surface area (Å²) in [6.45, 7) is 5.51. The van der Waals surface area contributed by atoms with Crippen LogP contribution in [0.5, 0.6) is 23.0 Å². The molecule has 10 heteroatoms. The Morgan fingerprint density at radius 1 is 0.875 bits per heavy atom. The van der Waals surface area contributed by atoms with Crippen molar-refractivity contribution in [1.29, 1.82) is 0 Å². The second-order valence-electron chi connectivity index (χ2n) is 9.49. The highest BCUT2D eigenvalue weighted by Crippen LogP contribution is 2.39. The number of aromatic amines is 1. The molecule has 6 rings (SSSR count). The van der Waals surface area contributed by atoms with E-state index in [-0.39, 0.29) is 6.79 Å². The molecule has 0 unspecified atom stereocenters. The lowest BCUT2D eigenvalue weighted by atomic mass is 10.1. The molecule has 2 aliphatic heterocycles. The van der Waals surface area contributed by atoms with Crippen LogP contribution in [0.2, 0.25) is 0 Å². The Morgan fingerprint density at radius 2 is 1.60 bits per heavy atom. The van der Waals surface area contributed by atoms with E-state index in [4.69, 9.17) is 34.0 Å². The number of H-pyrrole nitrogens is 1.